The first-order chi connectivity index (χ1) is 17.4. The van der Waals surface area contributed by atoms with E-state index in [1.165, 1.54) is 28.6 Å². The Kier molecular flexibility index (Phi) is 6.50. The normalized spacial score (nSPS) is 14.9. The van der Waals surface area contributed by atoms with Crippen molar-refractivity contribution in [3.8, 4) is 17.4 Å². The van der Waals surface area contributed by atoms with Gasteiger partial charge in [0.15, 0.2) is 17.1 Å². The topological polar surface area (TPSA) is 128 Å². The second-order valence-electron chi connectivity index (χ2n) is 8.69. The molecule has 0 unspecified atom stereocenters. The Labute approximate surface area is 208 Å². The van der Waals surface area contributed by atoms with Gasteiger partial charge in [-0.1, -0.05) is 36.5 Å². The molecule has 0 bridgehead atoms. The lowest BCUT2D eigenvalue weighted by Gasteiger charge is -2.30. The van der Waals surface area contributed by atoms with Crippen molar-refractivity contribution in [2.75, 3.05) is 19.5 Å². The molecule has 5 rings (SSSR count). The Balaban J connectivity index is 1.28. The standard InChI is InChI=1S/C25H26N4O6S/c1-29(18-8-4-3-5-9-18)36(31,32)19-13-11-16(12-14-19)23(30)26-25-28-27-24(35-25)21-15-17-7-6-10-20(33-2)22(17)34-21/h6-7,10-15,18H,3-5,8-9H2,1-2H3,(H,26,28,30). The monoisotopic (exact) mass is 510 g/mol. The van der Waals surface area contributed by atoms with Gasteiger partial charge in [0.2, 0.25) is 10.0 Å². The number of hydrogen-bond donors (Lipinski definition) is 1. The predicted octanol–water partition coefficient (Wildman–Crippen LogP) is 4.70. The number of hydrogen-bond acceptors (Lipinski definition) is 8. The molecule has 11 heteroatoms. The zero-order valence-corrected chi connectivity index (χ0v) is 20.7. The minimum Gasteiger partial charge on any atom is -0.493 e. The molecular formula is C25H26N4O6S. The van der Waals surface area contributed by atoms with Crippen LogP contribution in [0.1, 0.15) is 42.5 Å². The summed E-state index contributed by atoms with van der Waals surface area (Å²) in [7, 11) is -0.470. The first-order valence-corrected chi connectivity index (χ1v) is 13.1. The predicted molar refractivity (Wildman–Crippen MR) is 132 cm³/mol. The third kappa shape index (κ3) is 4.59. The van der Waals surface area contributed by atoms with Crippen molar-refractivity contribution in [1.82, 2.24) is 14.5 Å². The molecule has 188 valence electrons. The number of furan rings is 1. The average Bonchev–Trinajstić information content (AvgIpc) is 3.55. The van der Waals surface area contributed by atoms with Crippen LogP contribution in [-0.2, 0) is 10.0 Å². The van der Waals surface area contributed by atoms with Gasteiger partial charge in [-0.3, -0.25) is 10.1 Å². The lowest BCUT2D eigenvalue weighted by atomic mass is 9.96. The highest BCUT2D eigenvalue weighted by atomic mass is 32.2. The number of carbonyl (C=O) groups excluding carboxylic acids is 1. The van der Waals surface area contributed by atoms with E-state index in [2.05, 4.69) is 15.5 Å². The Morgan fingerprint density at radius 3 is 2.53 bits per heavy atom. The number of sulfonamides is 1. The van der Waals surface area contributed by atoms with Gasteiger partial charge in [-0.2, -0.15) is 4.31 Å². The van der Waals surface area contributed by atoms with E-state index in [9.17, 15) is 13.2 Å². The summed E-state index contributed by atoms with van der Waals surface area (Å²) < 4.78 is 44.1. The Morgan fingerprint density at radius 2 is 1.81 bits per heavy atom. The minimum absolute atomic E-state index is 0.00582. The number of benzene rings is 2. The molecule has 0 spiro atoms. The number of nitrogens with zero attached hydrogens (tertiary/aromatic N) is 3. The summed E-state index contributed by atoms with van der Waals surface area (Å²) in [5, 5.41) is 11.1. The summed E-state index contributed by atoms with van der Waals surface area (Å²) in [4.78, 5) is 12.8. The quantitative estimate of drug-likeness (QED) is 0.379. The van der Waals surface area contributed by atoms with E-state index in [1.807, 2.05) is 12.1 Å². The molecule has 2 aromatic heterocycles. The fourth-order valence-corrected chi connectivity index (χ4v) is 5.85. The van der Waals surface area contributed by atoms with Crippen LogP contribution in [0.15, 0.2) is 62.3 Å². The number of aromatic nitrogens is 2. The van der Waals surface area contributed by atoms with Gasteiger partial charge in [0, 0.05) is 24.0 Å². The van der Waals surface area contributed by atoms with Gasteiger partial charge in [0.25, 0.3) is 11.8 Å². The van der Waals surface area contributed by atoms with E-state index in [0.717, 1.165) is 37.5 Å². The summed E-state index contributed by atoms with van der Waals surface area (Å²) in [6.07, 6.45) is 4.94. The highest BCUT2D eigenvalue weighted by Gasteiger charge is 2.29. The van der Waals surface area contributed by atoms with E-state index in [0.29, 0.717) is 17.1 Å². The summed E-state index contributed by atoms with van der Waals surface area (Å²) >= 11 is 0. The second kappa shape index (κ2) is 9.75. The van der Waals surface area contributed by atoms with Crippen LogP contribution in [0.25, 0.3) is 22.6 Å². The molecule has 2 aromatic carbocycles. The van der Waals surface area contributed by atoms with Crippen molar-refractivity contribution in [2.24, 2.45) is 0 Å². The number of carbonyl (C=O) groups is 1. The van der Waals surface area contributed by atoms with Gasteiger partial charge >= 0.3 is 6.01 Å². The second-order valence-corrected chi connectivity index (χ2v) is 10.7. The summed E-state index contributed by atoms with van der Waals surface area (Å²) in [5.41, 5.74) is 0.797. The molecule has 1 aliphatic rings. The van der Waals surface area contributed by atoms with E-state index < -0.39 is 15.9 Å². The number of nitrogens with one attached hydrogen (secondary N) is 1. The lowest BCUT2D eigenvalue weighted by Crippen LogP contribution is -2.38. The van der Waals surface area contributed by atoms with Crippen molar-refractivity contribution in [2.45, 2.75) is 43.0 Å². The number of para-hydroxylation sites is 1. The van der Waals surface area contributed by atoms with Crippen LogP contribution >= 0.6 is 0 Å². The van der Waals surface area contributed by atoms with E-state index >= 15 is 0 Å². The maximum atomic E-state index is 13.0. The molecule has 4 aromatic rings. The van der Waals surface area contributed by atoms with E-state index in [1.54, 1.807) is 26.3 Å². The van der Waals surface area contributed by atoms with Gasteiger partial charge < -0.3 is 13.6 Å². The first kappa shape index (κ1) is 24.0. The first-order valence-electron chi connectivity index (χ1n) is 11.7. The molecule has 0 atom stereocenters. The van der Waals surface area contributed by atoms with Gasteiger partial charge in [-0.15, -0.1) is 5.10 Å². The van der Waals surface area contributed by atoms with Crippen LogP contribution in [0.5, 0.6) is 5.75 Å². The third-order valence-electron chi connectivity index (χ3n) is 6.47. The van der Waals surface area contributed by atoms with Crippen molar-refractivity contribution in [3.63, 3.8) is 0 Å². The highest BCUT2D eigenvalue weighted by molar-refractivity contribution is 7.89. The molecule has 36 heavy (non-hydrogen) atoms. The van der Waals surface area contributed by atoms with Gasteiger partial charge in [-0.05, 0) is 49.2 Å². The maximum absolute atomic E-state index is 13.0. The Hall–Kier alpha value is -3.70. The van der Waals surface area contributed by atoms with Crippen LogP contribution < -0.4 is 10.1 Å². The van der Waals surface area contributed by atoms with Crippen molar-refractivity contribution >= 4 is 32.9 Å². The number of methoxy groups -OCH3 is 1. The molecule has 0 aliphatic heterocycles. The SMILES string of the molecule is COc1cccc2cc(-c3nnc(NC(=O)c4ccc(S(=O)(=O)N(C)C5CCCCC5)cc4)o3)oc12. The van der Waals surface area contributed by atoms with Crippen molar-refractivity contribution < 1.29 is 26.8 Å². The molecule has 0 saturated heterocycles. The third-order valence-corrected chi connectivity index (χ3v) is 8.39. The van der Waals surface area contributed by atoms with Crippen LogP contribution in [0, 0.1) is 0 Å². The summed E-state index contributed by atoms with van der Waals surface area (Å²) in [5.74, 6) is 0.484. The van der Waals surface area contributed by atoms with E-state index in [-0.39, 0.29) is 28.4 Å². The Morgan fingerprint density at radius 1 is 1.06 bits per heavy atom. The van der Waals surface area contributed by atoms with Crippen LogP contribution in [-0.4, -0.2) is 49.0 Å². The average molecular weight is 511 g/mol. The molecule has 10 nitrogen and oxygen atoms in total. The van der Waals surface area contributed by atoms with Gasteiger partial charge in [-0.25, -0.2) is 8.42 Å². The maximum Gasteiger partial charge on any atom is 0.322 e. The highest BCUT2D eigenvalue weighted by Crippen LogP contribution is 2.33. The molecule has 1 aliphatic carbocycles. The molecule has 0 radical (unpaired) electrons. The smallest absolute Gasteiger partial charge is 0.322 e. The largest absolute Gasteiger partial charge is 0.493 e. The molecule has 2 heterocycles. The summed E-state index contributed by atoms with van der Waals surface area (Å²) in [6, 6.07) is 12.9. The number of fused-ring (bicyclic) bond motifs is 1. The fourth-order valence-electron chi connectivity index (χ4n) is 4.43. The number of ether oxygens (including phenoxy) is 1. The number of rotatable bonds is 7. The van der Waals surface area contributed by atoms with Crippen LogP contribution in [0.4, 0.5) is 6.01 Å². The van der Waals surface area contributed by atoms with Gasteiger partial charge in [0.05, 0.1) is 12.0 Å². The number of amides is 1. The fraction of sp³-hybridized carbons (Fsp3) is 0.320. The molecule has 1 saturated carbocycles. The molecule has 1 N–H and O–H groups in total. The van der Waals surface area contributed by atoms with Gasteiger partial charge in [0.1, 0.15) is 0 Å². The molecule has 1 amide bonds. The molecule has 1 fully saturated rings. The zero-order chi connectivity index (χ0) is 25.3. The summed E-state index contributed by atoms with van der Waals surface area (Å²) in [6.45, 7) is 0. The van der Waals surface area contributed by atoms with Crippen molar-refractivity contribution in [3.05, 3.63) is 54.1 Å². The minimum atomic E-state index is -3.64. The lowest BCUT2D eigenvalue weighted by molar-refractivity contribution is 0.102. The molecular weight excluding hydrogens is 484 g/mol. The Bertz CT molecular complexity index is 1490. The zero-order valence-electron chi connectivity index (χ0n) is 19.9. The number of anilines is 1. The van der Waals surface area contributed by atoms with Crippen molar-refractivity contribution in [1.29, 1.82) is 0 Å². The van der Waals surface area contributed by atoms with Crippen LogP contribution in [0.2, 0.25) is 0 Å². The van der Waals surface area contributed by atoms with E-state index in [4.69, 9.17) is 13.6 Å². The van der Waals surface area contributed by atoms with Crippen LogP contribution in [0.3, 0.4) is 0 Å².